The lowest BCUT2D eigenvalue weighted by Gasteiger charge is -2.24. The van der Waals surface area contributed by atoms with Crippen LogP contribution in [-0.2, 0) is 14.6 Å². The van der Waals surface area contributed by atoms with E-state index in [1.165, 1.54) is 4.90 Å². The minimum absolute atomic E-state index is 0.00842. The van der Waals surface area contributed by atoms with Crippen LogP contribution in [-0.4, -0.2) is 57.0 Å². The third-order valence-corrected chi connectivity index (χ3v) is 4.83. The maximum Gasteiger partial charge on any atom is 0.241 e. The van der Waals surface area contributed by atoms with Crippen LogP contribution in [0.15, 0.2) is 4.90 Å². The van der Waals surface area contributed by atoms with Gasteiger partial charge in [0.15, 0.2) is 15.7 Å². The number of rotatable bonds is 6. The van der Waals surface area contributed by atoms with Crippen LogP contribution >= 0.6 is 11.5 Å². The van der Waals surface area contributed by atoms with Crippen molar-refractivity contribution in [2.75, 3.05) is 44.1 Å². The maximum atomic E-state index is 11.9. The predicted octanol–water partition coefficient (Wildman–Crippen LogP) is 0.433. The van der Waals surface area contributed by atoms with Gasteiger partial charge >= 0.3 is 0 Å². The highest BCUT2D eigenvalue weighted by atomic mass is 32.2. The van der Waals surface area contributed by atoms with E-state index in [9.17, 15) is 13.2 Å². The summed E-state index contributed by atoms with van der Waals surface area (Å²) < 4.78 is 27.6. The molecule has 1 rings (SSSR count). The van der Waals surface area contributed by atoms with E-state index >= 15 is 0 Å². The fraction of sp³-hybridized carbons (Fsp3) is 0.636. The third-order valence-electron chi connectivity index (χ3n) is 2.63. The smallest absolute Gasteiger partial charge is 0.241 e. The molecule has 0 fully saturated rings. The zero-order valence-electron chi connectivity index (χ0n) is 12.1. The van der Waals surface area contributed by atoms with Gasteiger partial charge in [-0.1, -0.05) is 6.92 Å². The molecule has 0 saturated heterocycles. The zero-order valence-corrected chi connectivity index (χ0v) is 13.7. The molecule has 114 valence electrons. The molecule has 1 heterocycles. The second-order valence-electron chi connectivity index (χ2n) is 4.68. The summed E-state index contributed by atoms with van der Waals surface area (Å²) in [5, 5.41) is 0.432. The molecule has 0 spiro atoms. The van der Waals surface area contributed by atoms with Gasteiger partial charge in [0.05, 0.1) is 6.54 Å². The second-order valence-corrected chi connectivity index (χ2v) is 7.39. The predicted molar refractivity (Wildman–Crippen MR) is 80.8 cm³/mol. The Balaban J connectivity index is 3.20. The fourth-order valence-corrected chi connectivity index (χ4v) is 3.89. The van der Waals surface area contributed by atoms with Gasteiger partial charge < -0.3 is 15.5 Å². The SMILES string of the molecule is CCCN(CC(=O)N(C)C)c1snc(N)c1S(C)(=O)=O. The summed E-state index contributed by atoms with van der Waals surface area (Å²) in [6.07, 6.45) is 1.87. The summed E-state index contributed by atoms with van der Waals surface area (Å²) in [6, 6.07) is 0. The number of sulfone groups is 1. The van der Waals surface area contributed by atoms with Crippen LogP contribution in [0.2, 0.25) is 0 Å². The molecule has 0 saturated carbocycles. The van der Waals surface area contributed by atoms with Gasteiger partial charge in [-0.2, -0.15) is 4.37 Å². The van der Waals surface area contributed by atoms with E-state index < -0.39 is 9.84 Å². The molecular weight excluding hydrogens is 300 g/mol. The Kier molecular flexibility index (Phi) is 5.35. The van der Waals surface area contributed by atoms with E-state index in [4.69, 9.17) is 5.73 Å². The van der Waals surface area contributed by atoms with Crippen molar-refractivity contribution < 1.29 is 13.2 Å². The Morgan fingerprint density at radius 1 is 1.40 bits per heavy atom. The van der Waals surface area contributed by atoms with E-state index in [2.05, 4.69) is 4.37 Å². The number of amides is 1. The molecule has 7 nitrogen and oxygen atoms in total. The summed E-state index contributed by atoms with van der Waals surface area (Å²) in [7, 11) is -0.168. The number of nitrogens with zero attached hydrogens (tertiary/aromatic N) is 3. The molecule has 0 radical (unpaired) electrons. The lowest BCUT2D eigenvalue weighted by molar-refractivity contribution is -0.127. The molecule has 20 heavy (non-hydrogen) atoms. The van der Waals surface area contributed by atoms with Crippen molar-refractivity contribution in [2.24, 2.45) is 0 Å². The first kappa shape index (κ1) is 16.7. The van der Waals surface area contributed by atoms with E-state index in [-0.39, 0.29) is 23.2 Å². The van der Waals surface area contributed by atoms with Crippen molar-refractivity contribution in [3.8, 4) is 0 Å². The summed E-state index contributed by atoms with van der Waals surface area (Å²) in [5.74, 6) is -0.115. The number of nitrogens with two attached hydrogens (primary N) is 1. The quantitative estimate of drug-likeness (QED) is 0.816. The Morgan fingerprint density at radius 3 is 2.45 bits per heavy atom. The first-order chi connectivity index (χ1) is 9.18. The van der Waals surface area contributed by atoms with Gasteiger partial charge in [0.2, 0.25) is 5.91 Å². The van der Waals surface area contributed by atoms with Crippen molar-refractivity contribution >= 4 is 38.1 Å². The van der Waals surface area contributed by atoms with Crippen LogP contribution < -0.4 is 10.6 Å². The monoisotopic (exact) mass is 320 g/mol. The van der Waals surface area contributed by atoms with Crippen LogP contribution in [0.25, 0.3) is 0 Å². The Morgan fingerprint density at radius 2 is 2.00 bits per heavy atom. The number of hydrogen-bond acceptors (Lipinski definition) is 7. The van der Waals surface area contributed by atoms with Crippen molar-refractivity contribution in [2.45, 2.75) is 18.2 Å². The van der Waals surface area contributed by atoms with E-state index in [0.717, 1.165) is 24.2 Å². The van der Waals surface area contributed by atoms with Crippen molar-refractivity contribution in [3.05, 3.63) is 0 Å². The van der Waals surface area contributed by atoms with Crippen molar-refractivity contribution in [1.29, 1.82) is 0 Å². The van der Waals surface area contributed by atoms with Crippen LogP contribution in [0.4, 0.5) is 10.8 Å². The molecular formula is C11H20N4O3S2. The highest BCUT2D eigenvalue weighted by Crippen LogP contribution is 2.34. The molecule has 0 aliphatic heterocycles. The Labute approximate surface area is 123 Å². The summed E-state index contributed by atoms with van der Waals surface area (Å²) in [4.78, 5) is 15.1. The van der Waals surface area contributed by atoms with Crippen LogP contribution in [0.3, 0.4) is 0 Å². The lowest BCUT2D eigenvalue weighted by atomic mass is 10.4. The molecule has 0 aliphatic carbocycles. The van der Waals surface area contributed by atoms with Gasteiger partial charge in [0.25, 0.3) is 0 Å². The topological polar surface area (TPSA) is 96.6 Å². The summed E-state index contributed by atoms with van der Waals surface area (Å²) in [5.41, 5.74) is 5.65. The van der Waals surface area contributed by atoms with Crippen molar-refractivity contribution in [1.82, 2.24) is 9.27 Å². The third kappa shape index (κ3) is 3.83. The largest absolute Gasteiger partial charge is 0.382 e. The van der Waals surface area contributed by atoms with Crippen LogP contribution in [0.5, 0.6) is 0 Å². The van der Waals surface area contributed by atoms with Gasteiger partial charge in [-0.05, 0) is 18.0 Å². The van der Waals surface area contributed by atoms with Crippen LogP contribution in [0.1, 0.15) is 13.3 Å². The summed E-state index contributed by atoms with van der Waals surface area (Å²) in [6.45, 7) is 2.62. The molecule has 2 N–H and O–H groups in total. The first-order valence-corrected chi connectivity index (χ1v) is 8.75. The second kappa shape index (κ2) is 6.40. The van der Waals surface area contributed by atoms with Gasteiger partial charge in [-0.15, -0.1) is 0 Å². The van der Waals surface area contributed by atoms with Crippen LogP contribution in [0, 0.1) is 0 Å². The number of anilines is 2. The lowest BCUT2D eigenvalue weighted by Crippen LogP contribution is -2.37. The molecule has 0 unspecified atom stereocenters. The number of aromatic nitrogens is 1. The molecule has 1 amide bonds. The highest BCUT2D eigenvalue weighted by Gasteiger charge is 2.26. The first-order valence-electron chi connectivity index (χ1n) is 6.08. The van der Waals surface area contributed by atoms with Gasteiger partial charge in [0.1, 0.15) is 9.90 Å². The maximum absolute atomic E-state index is 11.9. The molecule has 0 atom stereocenters. The Bertz CT molecular complexity index is 580. The number of hydrogen-bond donors (Lipinski definition) is 1. The van der Waals surface area contributed by atoms with Gasteiger partial charge in [-0.3, -0.25) is 4.79 Å². The molecule has 1 aromatic rings. The van der Waals surface area contributed by atoms with E-state index in [0.29, 0.717) is 11.5 Å². The Hall–Kier alpha value is -1.35. The molecule has 0 aliphatic rings. The number of carbonyl (C=O) groups is 1. The number of carbonyl (C=O) groups excluding carboxylic acids is 1. The minimum atomic E-state index is -3.48. The molecule has 1 aromatic heterocycles. The van der Waals surface area contributed by atoms with Gasteiger partial charge in [0, 0.05) is 26.9 Å². The van der Waals surface area contributed by atoms with E-state index in [1.54, 1.807) is 19.0 Å². The molecule has 0 aromatic carbocycles. The average molecular weight is 320 g/mol. The minimum Gasteiger partial charge on any atom is -0.382 e. The van der Waals surface area contributed by atoms with E-state index in [1.807, 2.05) is 6.92 Å². The molecule has 0 bridgehead atoms. The highest BCUT2D eigenvalue weighted by molar-refractivity contribution is 7.91. The average Bonchev–Trinajstić information content (AvgIpc) is 2.69. The number of likely N-dealkylation sites (N-methyl/N-ethyl adjacent to an activating group) is 1. The zero-order chi connectivity index (χ0) is 15.5. The summed E-state index contributed by atoms with van der Waals surface area (Å²) >= 11 is 1.01. The normalized spacial score (nSPS) is 11.4. The molecule has 9 heteroatoms. The standard InChI is InChI=1S/C11H20N4O3S2/c1-5-6-15(7-8(16)14(2)3)11-9(20(4,17)18)10(12)13-19-11/h5-7H2,1-4H3,(H2,12,13). The number of nitrogen functional groups attached to an aromatic ring is 1. The van der Waals surface area contributed by atoms with Crippen molar-refractivity contribution in [3.63, 3.8) is 0 Å². The fourth-order valence-electron chi connectivity index (χ4n) is 1.66. The van der Waals surface area contributed by atoms with Gasteiger partial charge in [-0.25, -0.2) is 8.42 Å².